The maximum atomic E-state index is 12.7. The van der Waals surface area contributed by atoms with E-state index in [9.17, 15) is 4.79 Å². The van der Waals surface area contributed by atoms with E-state index < -0.39 is 0 Å². The third-order valence-corrected chi connectivity index (χ3v) is 5.22. The Balaban J connectivity index is 1.61. The van der Waals surface area contributed by atoms with Gasteiger partial charge in [0.2, 0.25) is 5.89 Å². The van der Waals surface area contributed by atoms with Gasteiger partial charge < -0.3 is 9.73 Å². The zero-order valence-corrected chi connectivity index (χ0v) is 17.4. The zero-order chi connectivity index (χ0) is 20.5. The number of hydrogen-bond donors (Lipinski definition) is 1. The Morgan fingerprint density at radius 1 is 1.00 bits per heavy atom. The summed E-state index contributed by atoms with van der Waals surface area (Å²) in [7, 11) is 0. The summed E-state index contributed by atoms with van der Waals surface area (Å²) in [4.78, 5) is 17.1. The molecule has 3 aromatic carbocycles. The first kappa shape index (κ1) is 19.5. The van der Waals surface area contributed by atoms with E-state index >= 15 is 0 Å². The number of nitrogens with zero attached hydrogens (tertiary/aromatic N) is 1. The second-order valence-electron chi connectivity index (χ2n) is 7.06. The minimum Gasteiger partial charge on any atom is -0.436 e. The van der Waals surface area contributed by atoms with E-state index in [0.717, 1.165) is 0 Å². The minimum atomic E-state index is -0.233. The lowest BCUT2D eigenvalue weighted by Crippen LogP contribution is -2.12. The number of benzene rings is 3. The van der Waals surface area contributed by atoms with Crippen LogP contribution in [0, 0.1) is 0 Å². The van der Waals surface area contributed by atoms with Crippen molar-refractivity contribution in [1.29, 1.82) is 0 Å². The molecule has 6 heteroatoms. The number of oxazole rings is 1. The van der Waals surface area contributed by atoms with Crippen molar-refractivity contribution in [3.63, 3.8) is 0 Å². The van der Waals surface area contributed by atoms with Crippen LogP contribution in [-0.4, -0.2) is 10.9 Å². The smallest absolute Gasteiger partial charge is 0.255 e. The number of halogens is 2. The first-order valence-corrected chi connectivity index (χ1v) is 9.93. The Hall–Kier alpha value is -2.82. The lowest BCUT2D eigenvalue weighted by Gasteiger charge is -2.10. The van der Waals surface area contributed by atoms with Crippen LogP contribution in [-0.2, 0) is 0 Å². The summed E-state index contributed by atoms with van der Waals surface area (Å²) in [6, 6.07) is 18.0. The van der Waals surface area contributed by atoms with Crippen molar-refractivity contribution in [1.82, 2.24) is 4.98 Å². The third-order valence-electron chi connectivity index (χ3n) is 4.65. The van der Waals surface area contributed by atoms with Crippen LogP contribution in [0.25, 0.3) is 22.6 Å². The third kappa shape index (κ3) is 4.14. The quantitative estimate of drug-likeness (QED) is 0.377. The zero-order valence-electron chi connectivity index (χ0n) is 15.9. The van der Waals surface area contributed by atoms with Crippen molar-refractivity contribution in [3.05, 3.63) is 81.8 Å². The van der Waals surface area contributed by atoms with Gasteiger partial charge in [0.25, 0.3) is 5.91 Å². The van der Waals surface area contributed by atoms with Gasteiger partial charge in [-0.25, -0.2) is 4.98 Å². The van der Waals surface area contributed by atoms with Crippen LogP contribution in [0.3, 0.4) is 0 Å². The van der Waals surface area contributed by atoms with Crippen molar-refractivity contribution in [2.75, 3.05) is 5.32 Å². The molecule has 1 N–H and O–H groups in total. The Morgan fingerprint density at radius 3 is 2.48 bits per heavy atom. The SMILES string of the molecule is CC(C)c1ccc(C(=O)Nc2cc(-c3nc4cc(Cl)ccc4o3)ccc2Cl)cc1. The molecule has 1 aromatic heterocycles. The molecule has 1 amide bonds. The van der Waals surface area contributed by atoms with Gasteiger partial charge in [-0.15, -0.1) is 0 Å². The Labute approximate surface area is 178 Å². The van der Waals surface area contributed by atoms with Crippen molar-refractivity contribution in [2.45, 2.75) is 19.8 Å². The summed E-state index contributed by atoms with van der Waals surface area (Å²) in [6.07, 6.45) is 0. The molecule has 29 heavy (non-hydrogen) atoms. The van der Waals surface area contributed by atoms with E-state index in [1.165, 1.54) is 5.56 Å². The summed E-state index contributed by atoms with van der Waals surface area (Å²) in [5.74, 6) is 0.601. The number of carbonyl (C=O) groups excluding carboxylic acids is 1. The number of fused-ring (bicyclic) bond motifs is 1. The van der Waals surface area contributed by atoms with Gasteiger partial charge in [0.15, 0.2) is 5.58 Å². The standard InChI is InChI=1S/C23H18Cl2N2O2/c1-13(2)14-3-5-15(6-4-14)22(28)26-19-11-16(7-9-18(19)25)23-27-20-12-17(24)8-10-21(20)29-23/h3-13H,1-2H3,(H,26,28). The highest BCUT2D eigenvalue weighted by Gasteiger charge is 2.14. The van der Waals surface area contributed by atoms with Crippen molar-refractivity contribution >= 4 is 45.9 Å². The highest BCUT2D eigenvalue weighted by atomic mass is 35.5. The van der Waals surface area contributed by atoms with Crippen LogP contribution in [0.1, 0.15) is 35.7 Å². The van der Waals surface area contributed by atoms with Gasteiger partial charge >= 0.3 is 0 Å². The molecule has 0 saturated heterocycles. The number of nitrogens with one attached hydrogen (secondary N) is 1. The molecule has 4 nitrogen and oxygen atoms in total. The highest BCUT2D eigenvalue weighted by molar-refractivity contribution is 6.34. The maximum absolute atomic E-state index is 12.7. The van der Waals surface area contributed by atoms with Crippen LogP contribution in [0.2, 0.25) is 10.0 Å². The molecule has 0 aliphatic carbocycles. The first-order chi connectivity index (χ1) is 13.9. The average molecular weight is 425 g/mol. The van der Waals surface area contributed by atoms with E-state index in [1.54, 1.807) is 36.4 Å². The lowest BCUT2D eigenvalue weighted by atomic mass is 10.0. The summed E-state index contributed by atoms with van der Waals surface area (Å²) in [6.45, 7) is 4.22. The fourth-order valence-electron chi connectivity index (χ4n) is 2.99. The second-order valence-corrected chi connectivity index (χ2v) is 7.90. The van der Waals surface area contributed by atoms with Crippen LogP contribution in [0.4, 0.5) is 5.69 Å². The first-order valence-electron chi connectivity index (χ1n) is 9.18. The molecular weight excluding hydrogens is 407 g/mol. The van der Waals surface area contributed by atoms with Crippen molar-refractivity contribution in [2.24, 2.45) is 0 Å². The Morgan fingerprint density at radius 2 is 1.76 bits per heavy atom. The molecule has 4 rings (SSSR count). The number of carbonyl (C=O) groups is 1. The van der Waals surface area contributed by atoms with Gasteiger partial charge in [0, 0.05) is 16.1 Å². The predicted octanol–water partition coefficient (Wildman–Crippen LogP) is 7.18. The van der Waals surface area contributed by atoms with E-state index in [4.69, 9.17) is 27.6 Å². The molecule has 0 spiro atoms. The largest absolute Gasteiger partial charge is 0.436 e. The molecule has 0 unspecified atom stereocenters. The summed E-state index contributed by atoms with van der Waals surface area (Å²) >= 11 is 12.3. The molecular formula is C23H18Cl2N2O2. The predicted molar refractivity (Wildman–Crippen MR) is 118 cm³/mol. The number of anilines is 1. The van der Waals surface area contributed by atoms with Gasteiger partial charge in [0.05, 0.1) is 10.7 Å². The fourth-order valence-corrected chi connectivity index (χ4v) is 3.32. The molecule has 0 radical (unpaired) electrons. The normalized spacial score (nSPS) is 11.2. The van der Waals surface area contributed by atoms with E-state index in [2.05, 4.69) is 24.1 Å². The van der Waals surface area contributed by atoms with E-state index in [0.29, 0.717) is 49.8 Å². The topological polar surface area (TPSA) is 55.1 Å². The molecule has 4 aromatic rings. The molecule has 146 valence electrons. The second kappa shape index (κ2) is 7.90. The van der Waals surface area contributed by atoms with Crippen LogP contribution in [0.5, 0.6) is 0 Å². The Bertz CT molecular complexity index is 1200. The van der Waals surface area contributed by atoms with Gasteiger partial charge in [-0.05, 0) is 60.0 Å². The number of hydrogen-bond acceptors (Lipinski definition) is 3. The van der Waals surface area contributed by atoms with Crippen LogP contribution in [0.15, 0.2) is 65.1 Å². The monoisotopic (exact) mass is 424 g/mol. The van der Waals surface area contributed by atoms with E-state index in [-0.39, 0.29) is 5.91 Å². The number of amides is 1. The van der Waals surface area contributed by atoms with Crippen molar-refractivity contribution in [3.8, 4) is 11.5 Å². The van der Waals surface area contributed by atoms with Crippen molar-refractivity contribution < 1.29 is 9.21 Å². The van der Waals surface area contributed by atoms with Gasteiger partial charge in [-0.3, -0.25) is 4.79 Å². The molecule has 0 fully saturated rings. The highest BCUT2D eigenvalue weighted by Crippen LogP contribution is 2.31. The molecule has 0 bridgehead atoms. The Kier molecular flexibility index (Phi) is 5.31. The maximum Gasteiger partial charge on any atom is 0.255 e. The average Bonchev–Trinajstić information content (AvgIpc) is 3.12. The van der Waals surface area contributed by atoms with Gasteiger partial charge in [-0.1, -0.05) is 49.2 Å². The van der Waals surface area contributed by atoms with Gasteiger partial charge in [-0.2, -0.15) is 0 Å². The van der Waals surface area contributed by atoms with Crippen LogP contribution < -0.4 is 5.32 Å². The number of aromatic nitrogens is 1. The van der Waals surface area contributed by atoms with E-state index in [1.807, 2.05) is 24.3 Å². The summed E-state index contributed by atoms with van der Waals surface area (Å²) in [5, 5.41) is 3.89. The molecule has 0 atom stereocenters. The molecule has 0 saturated carbocycles. The molecule has 1 heterocycles. The summed E-state index contributed by atoms with van der Waals surface area (Å²) < 4.78 is 5.80. The lowest BCUT2D eigenvalue weighted by molar-refractivity contribution is 0.102. The summed E-state index contributed by atoms with van der Waals surface area (Å²) in [5.41, 5.74) is 4.23. The fraction of sp³-hybridized carbons (Fsp3) is 0.130. The molecule has 0 aliphatic heterocycles. The number of rotatable bonds is 4. The van der Waals surface area contributed by atoms with Gasteiger partial charge in [0.1, 0.15) is 5.52 Å². The minimum absolute atomic E-state index is 0.233. The van der Waals surface area contributed by atoms with Crippen LogP contribution >= 0.6 is 23.2 Å². The molecule has 0 aliphatic rings.